The zero-order valence-electron chi connectivity index (χ0n) is 10.3. The van der Waals surface area contributed by atoms with Crippen LogP contribution in [-0.4, -0.2) is 11.9 Å². The number of nitrogens with two attached hydrogens (primary N) is 1. The average molecular weight is 273 g/mol. The molecule has 18 heavy (non-hydrogen) atoms. The summed E-state index contributed by atoms with van der Waals surface area (Å²) in [6.45, 7) is 1.78. The maximum absolute atomic E-state index is 13.7. The van der Waals surface area contributed by atoms with Crippen molar-refractivity contribution >= 4 is 18.3 Å². The van der Waals surface area contributed by atoms with Crippen LogP contribution >= 0.6 is 12.4 Å². The van der Waals surface area contributed by atoms with E-state index >= 15 is 0 Å². The minimum Gasteiger partial charge on any atom is -0.346 e. The van der Waals surface area contributed by atoms with Gasteiger partial charge in [0, 0.05) is 18.0 Å². The molecule has 0 spiro atoms. The number of benzene rings is 1. The molecule has 5 heteroatoms. The van der Waals surface area contributed by atoms with Crippen LogP contribution in [0.5, 0.6) is 0 Å². The van der Waals surface area contributed by atoms with Crippen LogP contribution in [0.1, 0.15) is 31.7 Å². The van der Waals surface area contributed by atoms with Crippen LogP contribution in [0.15, 0.2) is 24.3 Å². The van der Waals surface area contributed by atoms with E-state index in [-0.39, 0.29) is 36.6 Å². The second-order valence-electron chi connectivity index (χ2n) is 4.79. The second-order valence-corrected chi connectivity index (χ2v) is 4.79. The van der Waals surface area contributed by atoms with Gasteiger partial charge in [0.1, 0.15) is 5.82 Å². The van der Waals surface area contributed by atoms with Gasteiger partial charge in [-0.15, -0.1) is 12.4 Å². The number of carbonyl (C=O) groups is 1. The summed E-state index contributed by atoms with van der Waals surface area (Å²) in [5.74, 6) is -0.369. The molecule has 1 aliphatic carbocycles. The van der Waals surface area contributed by atoms with Crippen LogP contribution in [0, 0.1) is 5.82 Å². The Morgan fingerprint density at radius 3 is 2.61 bits per heavy atom. The summed E-state index contributed by atoms with van der Waals surface area (Å²) in [5.41, 5.74) is 5.66. The molecule has 100 valence electrons. The minimum atomic E-state index is -0.489. The zero-order valence-corrected chi connectivity index (χ0v) is 11.1. The highest BCUT2D eigenvalue weighted by Gasteiger charge is 2.47. The van der Waals surface area contributed by atoms with Gasteiger partial charge in [0.2, 0.25) is 5.91 Å². The molecule has 3 N–H and O–H groups in total. The molecule has 1 aromatic carbocycles. The average Bonchev–Trinajstić information content (AvgIpc) is 2.97. The highest BCUT2D eigenvalue weighted by molar-refractivity contribution is 5.85. The SMILES string of the molecule is CC(N)CC(=O)NC1(c2ccccc2F)CC1.Cl. The van der Waals surface area contributed by atoms with Crippen LogP contribution in [0.2, 0.25) is 0 Å². The number of hydrogen-bond acceptors (Lipinski definition) is 2. The Hall–Kier alpha value is -1.13. The third-order valence-electron chi connectivity index (χ3n) is 3.03. The molecule has 0 radical (unpaired) electrons. The quantitative estimate of drug-likeness (QED) is 0.882. The van der Waals surface area contributed by atoms with Gasteiger partial charge in [0.15, 0.2) is 0 Å². The molecule has 3 nitrogen and oxygen atoms in total. The topological polar surface area (TPSA) is 55.1 Å². The molecule has 1 aliphatic rings. The zero-order chi connectivity index (χ0) is 12.5. The molecule has 1 amide bonds. The van der Waals surface area contributed by atoms with Gasteiger partial charge in [-0.25, -0.2) is 4.39 Å². The van der Waals surface area contributed by atoms with Gasteiger partial charge in [-0.1, -0.05) is 18.2 Å². The number of rotatable bonds is 4. The fraction of sp³-hybridized carbons (Fsp3) is 0.462. The molecular weight excluding hydrogens is 255 g/mol. The predicted octanol–water partition coefficient (Wildman–Crippen LogP) is 2.09. The van der Waals surface area contributed by atoms with E-state index in [4.69, 9.17) is 5.73 Å². The van der Waals surface area contributed by atoms with Crippen molar-refractivity contribution in [1.82, 2.24) is 5.32 Å². The van der Waals surface area contributed by atoms with Crippen LogP contribution in [0.4, 0.5) is 4.39 Å². The molecule has 1 atom stereocenters. The summed E-state index contributed by atoms with van der Waals surface area (Å²) in [6.07, 6.45) is 1.85. The second kappa shape index (κ2) is 5.67. The van der Waals surface area contributed by atoms with Crippen molar-refractivity contribution in [3.05, 3.63) is 35.6 Å². The third kappa shape index (κ3) is 3.21. The van der Waals surface area contributed by atoms with E-state index in [1.165, 1.54) is 6.07 Å². The van der Waals surface area contributed by atoms with E-state index in [0.29, 0.717) is 5.56 Å². The number of carbonyl (C=O) groups excluding carboxylic acids is 1. The maximum atomic E-state index is 13.7. The summed E-state index contributed by atoms with van der Waals surface area (Å²) in [5, 5.41) is 2.90. The lowest BCUT2D eigenvalue weighted by molar-refractivity contribution is -0.122. The largest absolute Gasteiger partial charge is 0.346 e. The lowest BCUT2D eigenvalue weighted by atomic mass is 10.0. The fourth-order valence-electron chi connectivity index (χ4n) is 2.05. The Bertz CT molecular complexity index is 433. The normalized spacial score (nSPS) is 17.5. The van der Waals surface area contributed by atoms with Crippen molar-refractivity contribution < 1.29 is 9.18 Å². The molecule has 1 unspecified atom stereocenters. The van der Waals surface area contributed by atoms with E-state index < -0.39 is 5.54 Å². The van der Waals surface area contributed by atoms with Crippen LogP contribution in [0.25, 0.3) is 0 Å². The van der Waals surface area contributed by atoms with Crippen molar-refractivity contribution in [2.45, 2.75) is 37.8 Å². The lowest BCUT2D eigenvalue weighted by Crippen LogP contribution is -2.38. The Labute approximate surface area is 112 Å². The number of halogens is 2. The fourth-order valence-corrected chi connectivity index (χ4v) is 2.05. The van der Waals surface area contributed by atoms with Gasteiger partial charge in [-0.05, 0) is 25.8 Å². The number of hydrogen-bond donors (Lipinski definition) is 2. The molecule has 0 saturated heterocycles. The monoisotopic (exact) mass is 272 g/mol. The smallest absolute Gasteiger partial charge is 0.222 e. The standard InChI is InChI=1S/C13H17FN2O.ClH/c1-9(15)8-12(17)16-13(6-7-13)10-4-2-3-5-11(10)14;/h2-5,9H,6-8,15H2,1H3,(H,16,17);1H. The van der Waals surface area contributed by atoms with Gasteiger partial charge in [-0.3, -0.25) is 4.79 Å². The first kappa shape index (κ1) is 14.9. The van der Waals surface area contributed by atoms with E-state index in [2.05, 4.69) is 5.32 Å². The molecule has 0 bridgehead atoms. The van der Waals surface area contributed by atoms with E-state index in [0.717, 1.165) is 12.8 Å². The van der Waals surface area contributed by atoms with E-state index in [9.17, 15) is 9.18 Å². The van der Waals surface area contributed by atoms with Gasteiger partial charge < -0.3 is 11.1 Å². The third-order valence-corrected chi connectivity index (χ3v) is 3.03. The van der Waals surface area contributed by atoms with Crippen molar-refractivity contribution in [3.8, 4) is 0 Å². The molecule has 1 saturated carbocycles. The number of nitrogens with one attached hydrogen (secondary N) is 1. The van der Waals surface area contributed by atoms with Gasteiger partial charge in [0.25, 0.3) is 0 Å². The lowest BCUT2D eigenvalue weighted by Gasteiger charge is -2.19. The molecule has 0 aromatic heterocycles. The molecule has 2 rings (SSSR count). The maximum Gasteiger partial charge on any atom is 0.222 e. The predicted molar refractivity (Wildman–Crippen MR) is 71.0 cm³/mol. The van der Waals surface area contributed by atoms with E-state index in [1.54, 1.807) is 25.1 Å². The molecule has 1 fully saturated rings. The Kier molecular flexibility index (Phi) is 4.71. The molecule has 1 aromatic rings. The van der Waals surface area contributed by atoms with Crippen LogP contribution in [-0.2, 0) is 10.3 Å². The van der Waals surface area contributed by atoms with E-state index in [1.807, 2.05) is 0 Å². The van der Waals surface area contributed by atoms with Gasteiger partial charge in [-0.2, -0.15) is 0 Å². The first-order valence-electron chi connectivity index (χ1n) is 5.85. The molecule has 0 heterocycles. The highest BCUT2D eigenvalue weighted by atomic mass is 35.5. The van der Waals surface area contributed by atoms with Crippen LogP contribution in [0.3, 0.4) is 0 Å². The van der Waals surface area contributed by atoms with Crippen LogP contribution < -0.4 is 11.1 Å². The summed E-state index contributed by atoms with van der Waals surface area (Å²) in [4.78, 5) is 11.7. The molecular formula is C13H18ClFN2O. The van der Waals surface area contributed by atoms with Crippen molar-refractivity contribution in [2.24, 2.45) is 5.73 Å². The first-order valence-corrected chi connectivity index (χ1v) is 5.85. The Morgan fingerprint density at radius 1 is 1.50 bits per heavy atom. The highest BCUT2D eigenvalue weighted by Crippen LogP contribution is 2.46. The Balaban J connectivity index is 0.00000162. The van der Waals surface area contributed by atoms with Crippen molar-refractivity contribution in [2.75, 3.05) is 0 Å². The Morgan fingerprint density at radius 2 is 2.11 bits per heavy atom. The summed E-state index contributed by atoms with van der Waals surface area (Å²) in [6, 6.07) is 6.42. The van der Waals surface area contributed by atoms with Crippen molar-refractivity contribution in [3.63, 3.8) is 0 Å². The first-order chi connectivity index (χ1) is 8.03. The summed E-state index contributed by atoms with van der Waals surface area (Å²) < 4.78 is 13.7. The summed E-state index contributed by atoms with van der Waals surface area (Å²) >= 11 is 0. The van der Waals surface area contributed by atoms with Crippen molar-refractivity contribution in [1.29, 1.82) is 0 Å². The van der Waals surface area contributed by atoms with Gasteiger partial charge >= 0.3 is 0 Å². The van der Waals surface area contributed by atoms with Gasteiger partial charge in [0.05, 0.1) is 5.54 Å². The minimum absolute atomic E-state index is 0. The summed E-state index contributed by atoms with van der Waals surface area (Å²) in [7, 11) is 0. The number of amides is 1. The molecule has 0 aliphatic heterocycles.